The SMILES string of the molecule is C#Cc1ccc(-c2cncn2Cc2cccc(C(=O)Cl)c2)cc1. The Balaban J connectivity index is 1.90. The van der Waals surface area contributed by atoms with Gasteiger partial charge in [0.15, 0.2) is 0 Å². The van der Waals surface area contributed by atoms with Gasteiger partial charge in [0.05, 0.1) is 18.2 Å². The molecule has 0 unspecified atom stereocenters. The number of hydrogen-bond donors (Lipinski definition) is 0. The molecule has 0 saturated carbocycles. The molecule has 0 aliphatic carbocycles. The van der Waals surface area contributed by atoms with Gasteiger partial charge >= 0.3 is 0 Å². The van der Waals surface area contributed by atoms with Gasteiger partial charge in [0.1, 0.15) is 0 Å². The van der Waals surface area contributed by atoms with Gasteiger partial charge in [-0.3, -0.25) is 4.79 Å². The molecule has 23 heavy (non-hydrogen) atoms. The maximum atomic E-state index is 11.3. The van der Waals surface area contributed by atoms with Crippen LogP contribution in [0, 0.1) is 12.3 Å². The molecule has 0 bridgehead atoms. The third kappa shape index (κ3) is 3.33. The van der Waals surface area contributed by atoms with Crippen molar-refractivity contribution in [2.75, 3.05) is 0 Å². The van der Waals surface area contributed by atoms with Crippen molar-refractivity contribution in [3.8, 4) is 23.6 Å². The Morgan fingerprint density at radius 3 is 2.70 bits per heavy atom. The molecule has 0 aliphatic heterocycles. The first-order chi connectivity index (χ1) is 11.2. The van der Waals surface area contributed by atoms with Crippen LogP contribution in [0.4, 0.5) is 0 Å². The van der Waals surface area contributed by atoms with Gasteiger partial charge in [0.2, 0.25) is 0 Å². The third-order valence-corrected chi connectivity index (χ3v) is 3.78. The number of aromatic nitrogens is 2. The van der Waals surface area contributed by atoms with Crippen molar-refractivity contribution in [2.24, 2.45) is 0 Å². The zero-order valence-electron chi connectivity index (χ0n) is 12.2. The van der Waals surface area contributed by atoms with E-state index < -0.39 is 5.24 Å². The molecule has 4 heteroatoms. The van der Waals surface area contributed by atoms with Crippen molar-refractivity contribution < 1.29 is 4.79 Å². The van der Waals surface area contributed by atoms with Crippen LogP contribution in [0.1, 0.15) is 21.5 Å². The fourth-order valence-corrected chi connectivity index (χ4v) is 2.53. The molecule has 0 aliphatic rings. The molecule has 0 amide bonds. The molecule has 0 radical (unpaired) electrons. The molecule has 2 aromatic carbocycles. The van der Waals surface area contributed by atoms with Gasteiger partial charge in [-0.25, -0.2) is 4.98 Å². The Labute approximate surface area is 139 Å². The average molecular weight is 321 g/mol. The van der Waals surface area contributed by atoms with Crippen LogP contribution in [0.2, 0.25) is 0 Å². The zero-order valence-corrected chi connectivity index (χ0v) is 13.0. The molecular formula is C19H13ClN2O. The number of benzene rings is 2. The van der Waals surface area contributed by atoms with Gasteiger partial charge in [0.25, 0.3) is 5.24 Å². The topological polar surface area (TPSA) is 34.9 Å². The van der Waals surface area contributed by atoms with Gasteiger partial charge in [-0.05, 0) is 40.9 Å². The molecule has 3 nitrogen and oxygen atoms in total. The summed E-state index contributed by atoms with van der Waals surface area (Å²) < 4.78 is 2.02. The summed E-state index contributed by atoms with van der Waals surface area (Å²) in [6, 6.07) is 15.0. The summed E-state index contributed by atoms with van der Waals surface area (Å²) in [5.41, 5.74) is 4.33. The van der Waals surface area contributed by atoms with Crippen molar-refractivity contribution in [1.29, 1.82) is 0 Å². The van der Waals surface area contributed by atoms with E-state index in [0.717, 1.165) is 22.4 Å². The Morgan fingerprint density at radius 2 is 2.00 bits per heavy atom. The van der Waals surface area contributed by atoms with Gasteiger partial charge < -0.3 is 4.57 Å². The highest BCUT2D eigenvalue weighted by Crippen LogP contribution is 2.21. The van der Waals surface area contributed by atoms with Gasteiger partial charge in [-0.15, -0.1) is 6.42 Å². The average Bonchev–Trinajstić information content (AvgIpc) is 3.03. The lowest BCUT2D eigenvalue weighted by Crippen LogP contribution is -2.01. The van der Waals surface area contributed by atoms with Crippen molar-refractivity contribution >= 4 is 16.8 Å². The minimum Gasteiger partial charge on any atom is -0.326 e. The fraction of sp³-hybridized carbons (Fsp3) is 0.0526. The highest BCUT2D eigenvalue weighted by molar-refractivity contribution is 6.67. The number of carbonyl (C=O) groups is 1. The first-order valence-electron chi connectivity index (χ1n) is 7.03. The summed E-state index contributed by atoms with van der Waals surface area (Å²) in [4.78, 5) is 15.5. The van der Waals surface area contributed by atoms with E-state index in [0.29, 0.717) is 12.1 Å². The molecule has 1 aromatic heterocycles. The standard InChI is InChI=1S/C19H13ClN2O/c1-2-14-6-8-16(9-7-14)18-11-21-13-22(18)12-15-4-3-5-17(10-15)19(20)23/h1,3-11,13H,12H2. The first kappa shape index (κ1) is 15.1. The lowest BCUT2D eigenvalue weighted by Gasteiger charge is -2.09. The van der Waals surface area contributed by atoms with Crippen molar-refractivity contribution in [1.82, 2.24) is 9.55 Å². The van der Waals surface area contributed by atoms with E-state index in [9.17, 15) is 4.79 Å². The highest BCUT2D eigenvalue weighted by Gasteiger charge is 2.07. The smallest absolute Gasteiger partial charge is 0.252 e. The van der Waals surface area contributed by atoms with Crippen LogP contribution >= 0.6 is 11.6 Å². The van der Waals surface area contributed by atoms with Crippen molar-refractivity contribution in [2.45, 2.75) is 6.54 Å². The molecule has 0 atom stereocenters. The van der Waals surface area contributed by atoms with E-state index in [-0.39, 0.29) is 0 Å². The second-order valence-corrected chi connectivity index (χ2v) is 5.45. The van der Waals surface area contributed by atoms with E-state index in [1.807, 2.05) is 41.0 Å². The Morgan fingerprint density at radius 1 is 1.22 bits per heavy atom. The summed E-state index contributed by atoms with van der Waals surface area (Å²) in [6.45, 7) is 0.601. The number of nitrogens with zero attached hydrogens (tertiary/aromatic N) is 2. The van der Waals surface area contributed by atoms with Crippen LogP contribution in [0.3, 0.4) is 0 Å². The van der Waals surface area contributed by atoms with E-state index in [1.54, 1.807) is 24.7 Å². The maximum Gasteiger partial charge on any atom is 0.252 e. The predicted octanol–water partition coefficient (Wildman–Crippen LogP) is 3.96. The van der Waals surface area contributed by atoms with Crippen LogP contribution in [0.5, 0.6) is 0 Å². The molecule has 0 N–H and O–H groups in total. The number of terminal acetylenes is 1. The normalized spacial score (nSPS) is 10.3. The summed E-state index contributed by atoms with van der Waals surface area (Å²) in [7, 11) is 0. The predicted molar refractivity (Wildman–Crippen MR) is 91.3 cm³/mol. The van der Waals surface area contributed by atoms with E-state index in [2.05, 4.69) is 10.9 Å². The van der Waals surface area contributed by atoms with Crippen LogP contribution < -0.4 is 0 Å². The molecule has 1 heterocycles. The largest absolute Gasteiger partial charge is 0.326 e. The van der Waals surface area contributed by atoms with Gasteiger partial charge in [-0.1, -0.05) is 36.3 Å². The Bertz CT molecular complexity index is 888. The molecule has 0 spiro atoms. The zero-order chi connectivity index (χ0) is 16.2. The molecule has 0 fully saturated rings. The quantitative estimate of drug-likeness (QED) is 0.539. The van der Waals surface area contributed by atoms with Crippen molar-refractivity contribution in [3.63, 3.8) is 0 Å². The lowest BCUT2D eigenvalue weighted by molar-refractivity contribution is 0.108. The lowest BCUT2D eigenvalue weighted by atomic mass is 10.1. The van der Waals surface area contributed by atoms with E-state index >= 15 is 0 Å². The second kappa shape index (κ2) is 6.51. The summed E-state index contributed by atoms with van der Waals surface area (Å²) >= 11 is 5.54. The maximum absolute atomic E-state index is 11.3. The van der Waals surface area contributed by atoms with Crippen LogP contribution in [0.15, 0.2) is 61.1 Å². The van der Waals surface area contributed by atoms with Crippen LogP contribution in [-0.2, 0) is 6.54 Å². The van der Waals surface area contributed by atoms with E-state index in [1.165, 1.54) is 0 Å². The fourth-order valence-electron chi connectivity index (χ4n) is 2.41. The second-order valence-electron chi connectivity index (χ2n) is 5.10. The van der Waals surface area contributed by atoms with E-state index in [4.69, 9.17) is 18.0 Å². The Kier molecular flexibility index (Phi) is 4.27. The Hall–Kier alpha value is -2.83. The number of halogens is 1. The van der Waals surface area contributed by atoms with Gasteiger partial charge in [-0.2, -0.15) is 0 Å². The van der Waals surface area contributed by atoms with Crippen LogP contribution in [-0.4, -0.2) is 14.8 Å². The van der Waals surface area contributed by atoms with Gasteiger partial charge in [0, 0.05) is 17.7 Å². The van der Waals surface area contributed by atoms with Crippen molar-refractivity contribution in [3.05, 3.63) is 77.7 Å². The summed E-state index contributed by atoms with van der Waals surface area (Å²) in [5.74, 6) is 2.60. The molecule has 0 saturated heterocycles. The summed E-state index contributed by atoms with van der Waals surface area (Å²) in [6.07, 6.45) is 8.95. The molecule has 112 valence electrons. The molecule has 3 rings (SSSR count). The molecule has 3 aromatic rings. The highest BCUT2D eigenvalue weighted by atomic mass is 35.5. The monoisotopic (exact) mass is 320 g/mol. The third-order valence-electron chi connectivity index (χ3n) is 3.57. The number of carbonyl (C=O) groups excluding carboxylic acids is 1. The van der Waals surface area contributed by atoms with Crippen LogP contribution in [0.25, 0.3) is 11.3 Å². The number of hydrogen-bond acceptors (Lipinski definition) is 2. The minimum atomic E-state index is -0.456. The minimum absolute atomic E-state index is 0.456. The summed E-state index contributed by atoms with van der Waals surface area (Å²) in [5, 5.41) is -0.456. The molecular weight excluding hydrogens is 308 g/mol. The number of rotatable bonds is 4. The number of imidazole rings is 1. The first-order valence-corrected chi connectivity index (χ1v) is 7.41.